The molecule has 1 amide bonds. The molecule has 0 radical (unpaired) electrons. The number of thiocarbonyl (C=S) groups is 2. The molecule has 1 aliphatic rings. The molecule has 1 unspecified atom stereocenters. The molecular weight excluding hydrogens is 426 g/mol. The number of nitrogens with one attached hydrogen (secondary N) is 1. The van der Waals surface area contributed by atoms with E-state index in [1.165, 1.54) is 6.92 Å². The molecular formula is C24H43N3O2S2. The molecule has 0 spiro atoms. The number of rotatable bonds is 6. The molecule has 0 bridgehead atoms. The van der Waals surface area contributed by atoms with Crippen LogP contribution >= 0.6 is 24.4 Å². The van der Waals surface area contributed by atoms with Crippen LogP contribution in [-0.4, -0.2) is 52.7 Å². The number of carbonyl (C=O) groups excluding carboxylic acids is 2. The third-order valence-corrected chi connectivity index (χ3v) is 5.12. The average molecular weight is 470 g/mol. The summed E-state index contributed by atoms with van der Waals surface area (Å²) in [7, 11) is 5.59. The molecule has 1 aliphatic carbocycles. The molecule has 0 aliphatic heterocycles. The van der Waals surface area contributed by atoms with Crippen molar-refractivity contribution >= 4 is 46.1 Å². The largest absolute Gasteiger partial charge is 0.368 e. The first-order valence-corrected chi connectivity index (χ1v) is 11.6. The number of carbonyl (C=O) groups is 2. The van der Waals surface area contributed by atoms with Gasteiger partial charge in [0.25, 0.3) is 0 Å². The fourth-order valence-electron chi connectivity index (χ4n) is 1.83. The third-order valence-electron chi connectivity index (χ3n) is 3.91. The standard InChI is InChI=1S/C10H16N2O2S.C10H15NS.2C2H6/c1-6(7(2)13)9(14)11-12(3)10(15)8-4-5-8;1-5-7-8-9(6-2)10(12)11(3)4;2*1-2/h6,8H,4-5H2,1-3H3,(H,11,14);5-8H,1H2,2-4H3;2*1-2H3/b;8-7-,9-6+;;. The van der Waals surface area contributed by atoms with E-state index in [-0.39, 0.29) is 11.7 Å². The second-order valence-electron chi connectivity index (χ2n) is 6.52. The topological polar surface area (TPSA) is 52.7 Å². The molecule has 0 aromatic heterocycles. The molecule has 0 saturated heterocycles. The van der Waals surface area contributed by atoms with Gasteiger partial charge < -0.3 is 4.90 Å². The summed E-state index contributed by atoms with van der Waals surface area (Å²) in [6.45, 7) is 16.6. The maximum absolute atomic E-state index is 11.5. The number of hydrazine groups is 1. The van der Waals surface area contributed by atoms with Crippen LogP contribution in [0.25, 0.3) is 0 Å². The molecule has 1 atom stereocenters. The highest BCUT2D eigenvalue weighted by molar-refractivity contribution is 7.80. The molecule has 5 nitrogen and oxygen atoms in total. The lowest BCUT2D eigenvalue weighted by atomic mass is 10.1. The molecule has 1 fully saturated rings. The zero-order chi connectivity index (χ0) is 25.1. The van der Waals surface area contributed by atoms with Gasteiger partial charge in [-0.3, -0.25) is 20.0 Å². The van der Waals surface area contributed by atoms with E-state index in [0.29, 0.717) is 5.92 Å². The Hall–Kier alpha value is -1.86. The highest BCUT2D eigenvalue weighted by Crippen LogP contribution is 2.31. The van der Waals surface area contributed by atoms with Crippen LogP contribution in [0.3, 0.4) is 0 Å². The van der Waals surface area contributed by atoms with Gasteiger partial charge in [-0.25, -0.2) is 0 Å². The molecule has 0 aromatic carbocycles. The summed E-state index contributed by atoms with van der Waals surface area (Å²) in [5.74, 6) is -0.626. The van der Waals surface area contributed by atoms with Gasteiger partial charge in [-0.05, 0) is 33.6 Å². The lowest BCUT2D eigenvalue weighted by Gasteiger charge is -2.22. The number of nitrogens with zero attached hydrogens (tertiary/aromatic N) is 2. The van der Waals surface area contributed by atoms with E-state index in [2.05, 4.69) is 12.0 Å². The van der Waals surface area contributed by atoms with Gasteiger partial charge in [0.1, 0.15) is 10.8 Å². The SMILES string of the molecule is C=C/C=C\C(=C/C)C(=S)N(C)C.CC.CC.CC(=O)C(C)C(=O)NN(C)C(=S)C1CC1. The van der Waals surface area contributed by atoms with E-state index >= 15 is 0 Å². The first kappa shape index (κ1) is 33.8. The fourth-order valence-corrected chi connectivity index (χ4v) is 2.29. The van der Waals surface area contributed by atoms with E-state index in [0.717, 1.165) is 28.4 Å². The number of allylic oxidation sites excluding steroid dienone is 3. The van der Waals surface area contributed by atoms with Crippen molar-refractivity contribution in [2.45, 2.75) is 61.3 Å². The van der Waals surface area contributed by atoms with Crippen LogP contribution in [0.15, 0.2) is 36.5 Å². The van der Waals surface area contributed by atoms with E-state index in [1.54, 1.807) is 25.1 Å². The summed E-state index contributed by atoms with van der Waals surface area (Å²) in [6, 6.07) is 0. The van der Waals surface area contributed by atoms with Gasteiger partial charge in [0.05, 0.1) is 10.9 Å². The van der Waals surface area contributed by atoms with Gasteiger partial charge in [-0.1, -0.05) is 83.0 Å². The number of amides is 1. The molecule has 1 saturated carbocycles. The average Bonchev–Trinajstić information content (AvgIpc) is 3.61. The van der Waals surface area contributed by atoms with Crippen LogP contribution in [0.5, 0.6) is 0 Å². The van der Waals surface area contributed by atoms with Gasteiger partial charge >= 0.3 is 0 Å². The summed E-state index contributed by atoms with van der Waals surface area (Å²) >= 11 is 10.3. The van der Waals surface area contributed by atoms with Crippen molar-refractivity contribution in [1.29, 1.82) is 0 Å². The second-order valence-corrected chi connectivity index (χ2v) is 7.32. The van der Waals surface area contributed by atoms with Gasteiger partial charge in [-0.15, -0.1) is 0 Å². The Morgan fingerprint density at radius 2 is 1.58 bits per heavy atom. The molecule has 1 rings (SSSR count). The van der Waals surface area contributed by atoms with Crippen molar-refractivity contribution < 1.29 is 9.59 Å². The Morgan fingerprint density at radius 3 is 1.90 bits per heavy atom. The van der Waals surface area contributed by atoms with Crippen molar-refractivity contribution in [1.82, 2.24) is 15.3 Å². The van der Waals surface area contributed by atoms with Gasteiger partial charge in [0.2, 0.25) is 5.91 Å². The second kappa shape index (κ2) is 20.1. The molecule has 0 heterocycles. The molecule has 178 valence electrons. The fraction of sp³-hybridized carbons (Fsp3) is 0.583. The summed E-state index contributed by atoms with van der Waals surface area (Å²) in [5.41, 5.74) is 3.67. The summed E-state index contributed by atoms with van der Waals surface area (Å²) in [5, 5.41) is 1.55. The van der Waals surface area contributed by atoms with Crippen LogP contribution in [0.2, 0.25) is 0 Å². The Bertz CT molecular complexity index is 637. The summed E-state index contributed by atoms with van der Waals surface area (Å²) in [6.07, 6.45) is 9.76. The zero-order valence-electron chi connectivity index (χ0n) is 21.1. The number of Topliss-reactive ketones (excluding diaryl/α,β-unsaturated/α-hetero) is 1. The first-order valence-electron chi connectivity index (χ1n) is 10.8. The normalized spacial score (nSPS) is 13.0. The highest BCUT2D eigenvalue weighted by Gasteiger charge is 2.30. The van der Waals surface area contributed by atoms with Crippen molar-refractivity contribution in [3.05, 3.63) is 36.5 Å². The Labute approximate surface area is 201 Å². The maximum Gasteiger partial charge on any atom is 0.248 e. The molecule has 31 heavy (non-hydrogen) atoms. The van der Waals surface area contributed by atoms with Gasteiger partial charge in [0, 0.05) is 32.6 Å². The van der Waals surface area contributed by atoms with Crippen LogP contribution in [-0.2, 0) is 9.59 Å². The van der Waals surface area contributed by atoms with Crippen LogP contribution in [0.1, 0.15) is 61.3 Å². The smallest absolute Gasteiger partial charge is 0.248 e. The quantitative estimate of drug-likeness (QED) is 0.181. The van der Waals surface area contributed by atoms with Crippen molar-refractivity contribution in [2.24, 2.45) is 11.8 Å². The van der Waals surface area contributed by atoms with Crippen LogP contribution in [0.4, 0.5) is 0 Å². The number of ketones is 1. The lowest BCUT2D eigenvalue weighted by Crippen LogP contribution is -2.46. The minimum atomic E-state index is -0.616. The lowest BCUT2D eigenvalue weighted by molar-refractivity contribution is -0.134. The van der Waals surface area contributed by atoms with Crippen molar-refractivity contribution in [3.63, 3.8) is 0 Å². The predicted molar refractivity (Wildman–Crippen MR) is 143 cm³/mol. The van der Waals surface area contributed by atoms with E-state index in [9.17, 15) is 9.59 Å². The predicted octanol–water partition coefficient (Wildman–Crippen LogP) is 5.53. The zero-order valence-corrected chi connectivity index (χ0v) is 22.7. The Balaban J connectivity index is -0.000000444. The number of hydrogen-bond donors (Lipinski definition) is 1. The monoisotopic (exact) mass is 469 g/mol. The number of likely N-dealkylation sites (N-methyl/N-ethyl adjacent to an activating group) is 1. The molecule has 7 heteroatoms. The molecule has 0 aromatic rings. The first-order chi connectivity index (χ1) is 14.6. The highest BCUT2D eigenvalue weighted by atomic mass is 32.1. The van der Waals surface area contributed by atoms with Crippen LogP contribution in [0, 0.1) is 11.8 Å². The van der Waals surface area contributed by atoms with Gasteiger partial charge in [0.15, 0.2) is 0 Å². The third kappa shape index (κ3) is 15.6. The van der Waals surface area contributed by atoms with Crippen molar-refractivity contribution in [3.8, 4) is 0 Å². The van der Waals surface area contributed by atoms with E-state index in [1.807, 2.05) is 71.8 Å². The van der Waals surface area contributed by atoms with Gasteiger partial charge in [-0.2, -0.15) is 0 Å². The van der Waals surface area contributed by atoms with E-state index < -0.39 is 5.92 Å². The Kier molecular flexibility index (Phi) is 21.9. The summed E-state index contributed by atoms with van der Waals surface area (Å²) in [4.78, 5) is 26.0. The molecule has 1 N–H and O–H groups in total. The maximum atomic E-state index is 11.5. The minimum absolute atomic E-state index is 0.141. The van der Waals surface area contributed by atoms with Crippen LogP contribution < -0.4 is 5.43 Å². The van der Waals surface area contributed by atoms with E-state index in [4.69, 9.17) is 24.4 Å². The van der Waals surface area contributed by atoms with Crippen molar-refractivity contribution in [2.75, 3.05) is 21.1 Å². The Morgan fingerprint density at radius 1 is 1.10 bits per heavy atom. The number of hydrogen-bond acceptors (Lipinski definition) is 4. The minimum Gasteiger partial charge on any atom is -0.368 e. The summed E-state index contributed by atoms with van der Waals surface area (Å²) < 4.78 is 0.